The number of rotatable bonds is 5. The Morgan fingerprint density at radius 1 is 1.13 bits per heavy atom. The number of halogens is 1. The van der Waals surface area contributed by atoms with Crippen molar-refractivity contribution < 1.29 is 0 Å². The third kappa shape index (κ3) is 5.47. The molecule has 1 aromatic carbocycles. The monoisotopic (exact) mass is 519 g/mol. The van der Waals surface area contributed by atoms with E-state index in [2.05, 4.69) is 37.9 Å². The Morgan fingerprint density at radius 2 is 1.93 bits per heavy atom. The Labute approximate surface area is 194 Å². The number of aliphatic imine (C=N–C) groups is 1. The van der Waals surface area contributed by atoms with Gasteiger partial charge in [0.2, 0.25) is 0 Å². The molecule has 0 unspecified atom stereocenters. The first-order valence-electron chi connectivity index (χ1n) is 10.4. The molecule has 4 rings (SSSR count). The molecule has 0 bridgehead atoms. The quantitative estimate of drug-likeness (QED) is 0.304. The Morgan fingerprint density at radius 3 is 2.70 bits per heavy atom. The fraction of sp³-hybridized carbons (Fsp3) is 0.455. The summed E-state index contributed by atoms with van der Waals surface area (Å²) >= 11 is 0. The zero-order valence-corrected chi connectivity index (χ0v) is 20.0. The van der Waals surface area contributed by atoms with Crippen LogP contribution in [-0.4, -0.2) is 31.7 Å². The molecule has 1 fully saturated rings. The number of pyridine rings is 1. The minimum Gasteiger partial charge on any atom is -0.354 e. The van der Waals surface area contributed by atoms with E-state index >= 15 is 0 Å². The molecule has 0 radical (unpaired) electrons. The van der Waals surface area contributed by atoms with E-state index in [9.17, 15) is 0 Å². The van der Waals surface area contributed by atoms with Crippen molar-refractivity contribution >= 4 is 40.8 Å². The first-order valence-corrected chi connectivity index (χ1v) is 10.4. The van der Waals surface area contributed by atoms with Gasteiger partial charge < -0.3 is 15.2 Å². The highest BCUT2D eigenvalue weighted by Gasteiger charge is 2.15. The summed E-state index contributed by atoms with van der Waals surface area (Å²) in [6, 6.07) is 10.7. The molecule has 3 aromatic rings. The molecule has 30 heavy (non-hydrogen) atoms. The molecule has 1 aliphatic rings. The number of para-hydroxylation sites is 1. The standard InChI is InChI=1S/C22H29N7.HI/c1-16-27-28-21(29(16)2)15-25-22(26-18-8-4-3-5-9-18)24-14-17-12-13-23-20-11-7-6-10-19(17)20;/h6-7,10-13,18H,3-5,8-9,14-15H2,1-2H3,(H2,24,25,26);1H. The predicted octanol–water partition coefficient (Wildman–Crippen LogP) is 3.86. The van der Waals surface area contributed by atoms with Crippen molar-refractivity contribution in [2.45, 2.75) is 58.2 Å². The van der Waals surface area contributed by atoms with Crippen LogP contribution in [0.3, 0.4) is 0 Å². The Balaban J connectivity index is 0.00000256. The van der Waals surface area contributed by atoms with Gasteiger partial charge in [-0.05, 0) is 37.5 Å². The lowest BCUT2D eigenvalue weighted by Crippen LogP contribution is -2.44. The number of aromatic nitrogens is 4. The normalized spacial score (nSPS) is 15.1. The van der Waals surface area contributed by atoms with Gasteiger partial charge in [0.1, 0.15) is 5.82 Å². The van der Waals surface area contributed by atoms with Gasteiger partial charge >= 0.3 is 0 Å². The summed E-state index contributed by atoms with van der Waals surface area (Å²) in [5.74, 6) is 2.64. The molecular weight excluding hydrogens is 489 g/mol. The third-order valence-corrected chi connectivity index (χ3v) is 5.69. The fourth-order valence-corrected chi connectivity index (χ4v) is 3.82. The predicted molar refractivity (Wildman–Crippen MR) is 131 cm³/mol. The van der Waals surface area contributed by atoms with Gasteiger partial charge in [0.05, 0.1) is 18.6 Å². The minimum absolute atomic E-state index is 0. The maximum Gasteiger partial charge on any atom is 0.192 e. The molecule has 0 atom stereocenters. The average Bonchev–Trinajstić information content (AvgIpc) is 3.08. The second kappa shape index (κ2) is 10.7. The second-order valence-electron chi connectivity index (χ2n) is 7.71. The van der Waals surface area contributed by atoms with Crippen LogP contribution in [0, 0.1) is 6.92 Å². The smallest absolute Gasteiger partial charge is 0.192 e. The minimum atomic E-state index is 0. The lowest BCUT2D eigenvalue weighted by molar-refractivity contribution is 0.409. The molecule has 2 heterocycles. The summed E-state index contributed by atoms with van der Waals surface area (Å²) in [4.78, 5) is 9.35. The molecule has 1 saturated carbocycles. The zero-order valence-electron chi connectivity index (χ0n) is 17.6. The molecule has 2 N–H and O–H groups in total. The van der Waals surface area contributed by atoms with E-state index in [0.717, 1.165) is 28.5 Å². The topological polar surface area (TPSA) is 80.0 Å². The van der Waals surface area contributed by atoms with Crippen molar-refractivity contribution in [2.24, 2.45) is 12.0 Å². The molecule has 2 aromatic heterocycles. The molecule has 1 aliphatic carbocycles. The maximum atomic E-state index is 4.90. The van der Waals surface area contributed by atoms with Crippen molar-refractivity contribution in [3.05, 3.63) is 53.7 Å². The summed E-state index contributed by atoms with van der Waals surface area (Å²) in [7, 11) is 1.99. The van der Waals surface area contributed by atoms with Crippen LogP contribution in [-0.2, 0) is 20.1 Å². The van der Waals surface area contributed by atoms with Gasteiger partial charge in [0.25, 0.3) is 0 Å². The van der Waals surface area contributed by atoms with Gasteiger partial charge in [0, 0.05) is 24.7 Å². The number of benzene rings is 1. The van der Waals surface area contributed by atoms with Gasteiger partial charge in [-0.1, -0.05) is 37.5 Å². The highest BCUT2D eigenvalue weighted by molar-refractivity contribution is 14.0. The van der Waals surface area contributed by atoms with Crippen LogP contribution in [0.4, 0.5) is 0 Å². The van der Waals surface area contributed by atoms with Crippen LogP contribution in [0.2, 0.25) is 0 Å². The van der Waals surface area contributed by atoms with Gasteiger partial charge in [-0.15, -0.1) is 34.2 Å². The maximum absolute atomic E-state index is 4.90. The second-order valence-corrected chi connectivity index (χ2v) is 7.71. The number of guanidine groups is 1. The molecular formula is C22H30IN7. The van der Waals surface area contributed by atoms with Crippen LogP contribution >= 0.6 is 24.0 Å². The highest BCUT2D eigenvalue weighted by atomic mass is 127. The lowest BCUT2D eigenvalue weighted by Gasteiger charge is -2.25. The van der Waals surface area contributed by atoms with Crippen LogP contribution in [0.25, 0.3) is 10.9 Å². The van der Waals surface area contributed by atoms with Gasteiger partial charge in [-0.2, -0.15) is 0 Å². The Hall–Kier alpha value is -2.23. The number of aryl methyl sites for hydroxylation is 1. The van der Waals surface area contributed by atoms with Crippen LogP contribution < -0.4 is 10.6 Å². The molecule has 0 saturated heterocycles. The number of hydrogen-bond donors (Lipinski definition) is 2. The summed E-state index contributed by atoms with van der Waals surface area (Å²) in [5, 5.41) is 16.6. The Kier molecular flexibility index (Phi) is 8.01. The molecule has 8 heteroatoms. The number of hydrogen-bond acceptors (Lipinski definition) is 4. The van der Waals surface area contributed by atoms with Crippen molar-refractivity contribution in [1.82, 2.24) is 30.4 Å². The molecule has 0 aliphatic heterocycles. The van der Waals surface area contributed by atoms with E-state index in [-0.39, 0.29) is 24.0 Å². The van der Waals surface area contributed by atoms with Crippen LogP contribution in [0.5, 0.6) is 0 Å². The van der Waals surface area contributed by atoms with Crippen molar-refractivity contribution in [3.63, 3.8) is 0 Å². The number of fused-ring (bicyclic) bond motifs is 1. The Bertz CT molecular complexity index is 987. The zero-order chi connectivity index (χ0) is 20.1. The van der Waals surface area contributed by atoms with Gasteiger partial charge in [0.15, 0.2) is 11.8 Å². The summed E-state index contributed by atoms with van der Waals surface area (Å²) in [6.07, 6.45) is 8.14. The van der Waals surface area contributed by atoms with Crippen LogP contribution in [0.1, 0.15) is 49.3 Å². The van der Waals surface area contributed by atoms with E-state index in [1.54, 1.807) is 0 Å². The molecule has 0 spiro atoms. The summed E-state index contributed by atoms with van der Waals surface area (Å²) < 4.78 is 2.00. The molecule has 7 nitrogen and oxygen atoms in total. The fourth-order valence-electron chi connectivity index (χ4n) is 3.82. The van der Waals surface area contributed by atoms with E-state index in [0.29, 0.717) is 19.1 Å². The van der Waals surface area contributed by atoms with Crippen LogP contribution in [0.15, 0.2) is 41.5 Å². The van der Waals surface area contributed by atoms with E-state index in [1.807, 2.05) is 42.9 Å². The number of nitrogens with one attached hydrogen (secondary N) is 2. The SMILES string of the molecule is Cc1nnc(CNC(=NCc2ccnc3ccccc23)NC2CCCCC2)n1C.I. The summed E-state index contributed by atoms with van der Waals surface area (Å²) in [6.45, 7) is 3.15. The first-order chi connectivity index (χ1) is 14.2. The van der Waals surface area contributed by atoms with E-state index < -0.39 is 0 Å². The number of nitrogens with zero attached hydrogens (tertiary/aromatic N) is 5. The van der Waals surface area contributed by atoms with Crippen molar-refractivity contribution in [1.29, 1.82) is 0 Å². The lowest BCUT2D eigenvalue weighted by atomic mass is 9.96. The molecule has 160 valence electrons. The molecule has 0 amide bonds. The summed E-state index contributed by atoms with van der Waals surface area (Å²) in [5.41, 5.74) is 2.18. The first kappa shape index (κ1) is 22.5. The highest BCUT2D eigenvalue weighted by Crippen LogP contribution is 2.18. The van der Waals surface area contributed by atoms with Crippen molar-refractivity contribution in [2.75, 3.05) is 0 Å². The third-order valence-electron chi connectivity index (χ3n) is 5.69. The van der Waals surface area contributed by atoms with Gasteiger partial charge in [-0.3, -0.25) is 4.98 Å². The largest absolute Gasteiger partial charge is 0.354 e. The van der Waals surface area contributed by atoms with Crippen molar-refractivity contribution in [3.8, 4) is 0 Å². The van der Waals surface area contributed by atoms with Gasteiger partial charge in [-0.25, -0.2) is 4.99 Å². The van der Waals surface area contributed by atoms with E-state index in [1.165, 1.54) is 37.7 Å². The van der Waals surface area contributed by atoms with E-state index in [4.69, 9.17) is 4.99 Å². The average molecular weight is 519 g/mol.